The SMILES string of the molecule is CCOc1ccc(C=CC(=O)[C@]2(C)CO2)cc1. The predicted octanol–water partition coefficient (Wildman–Crippen LogP) is 2.46. The summed E-state index contributed by atoms with van der Waals surface area (Å²) in [4.78, 5) is 11.6. The van der Waals surface area contributed by atoms with Crippen molar-refractivity contribution in [1.29, 1.82) is 0 Å². The molecule has 3 heteroatoms. The van der Waals surface area contributed by atoms with Gasteiger partial charge in [-0.2, -0.15) is 0 Å². The van der Waals surface area contributed by atoms with Gasteiger partial charge in [0.1, 0.15) is 5.75 Å². The van der Waals surface area contributed by atoms with Crippen molar-refractivity contribution < 1.29 is 14.3 Å². The zero-order chi connectivity index (χ0) is 12.3. The van der Waals surface area contributed by atoms with Gasteiger partial charge in [0.2, 0.25) is 0 Å². The third kappa shape index (κ3) is 2.94. The molecular formula is C14H16O3. The van der Waals surface area contributed by atoms with Crippen LogP contribution in [0.4, 0.5) is 0 Å². The molecule has 0 aliphatic carbocycles. The lowest BCUT2D eigenvalue weighted by Crippen LogP contribution is -2.17. The number of benzene rings is 1. The fraction of sp³-hybridized carbons (Fsp3) is 0.357. The van der Waals surface area contributed by atoms with Gasteiger partial charge in [-0.1, -0.05) is 18.2 Å². The first-order chi connectivity index (χ1) is 8.14. The Labute approximate surface area is 101 Å². The van der Waals surface area contributed by atoms with E-state index < -0.39 is 5.60 Å². The summed E-state index contributed by atoms with van der Waals surface area (Å²) in [6, 6.07) is 7.63. The van der Waals surface area contributed by atoms with Crippen LogP contribution in [-0.2, 0) is 9.53 Å². The van der Waals surface area contributed by atoms with Gasteiger partial charge < -0.3 is 9.47 Å². The maximum Gasteiger partial charge on any atom is 0.189 e. The average Bonchev–Trinajstić information content (AvgIpc) is 3.08. The summed E-state index contributed by atoms with van der Waals surface area (Å²) in [6.45, 7) is 4.93. The molecule has 0 aromatic heterocycles. The highest BCUT2D eigenvalue weighted by Crippen LogP contribution is 2.27. The maximum absolute atomic E-state index is 11.6. The zero-order valence-corrected chi connectivity index (χ0v) is 10.1. The lowest BCUT2D eigenvalue weighted by molar-refractivity contribution is -0.118. The summed E-state index contributed by atoms with van der Waals surface area (Å²) in [5.41, 5.74) is 0.410. The number of carbonyl (C=O) groups excluding carboxylic acids is 1. The van der Waals surface area contributed by atoms with Crippen LogP contribution in [0.2, 0.25) is 0 Å². The number of ketones is 1. The molecule has 0 unspecified atom stereocenters. The minimum atomic E-state index is -0.568. The average molecular weight is 232 g/mol. The normalized spacial score (nSPS) is 22.7. The Balaban J connectivity index is 1.98. The van der Waals surface area contributed by atoms with E-state index in [-0.39, 0.29) is 5.78 Å². The number of ether oxygens (including phenoxy) is 2. The van der Waals surface area contributed by atoms with Crippen molar-refractivity contribution in [2.75, 3.05) is 13.2 Å². The Morgan fingerprint density at radius 2 is 2.12 bits per heavy atom. The van der Waals surface area contributed by atoms with Crippen molar-refractivity contribution in [1.82, 2.24) is 0 Å². The van der Waals surface area contributed by atoms with E-state index >= 15 is 0 Å². The highest BCUT2D eigenvalue weighted by molar-refractivity contribution is 6.01. The van der Waals surface area contributed by atoms with E-state index in [9.17, 15) is 4.79 Å². The van der Waals surface area contributed by atoms with Crippen molar-refractivity contribution >= 4 is 11.9 Å². The first-order valence-corrected chi connectivity index (χ1v) is 5.73. The molecule has 1 heterocycles. The predicted molar refractivity (Wildman–Crippen MR) is 66.0 cm³/mol. The van der Waals surface area contributed by atoms with Crippen LogP contribution in [0.15, 0.2) is 30.3 Å². The molecule has 1 aromatic carbocycles. The largest absolute Gasteiger partial charge is 0.494 e. The molecule has 0 saturated carbocycles. The summed E-state index contributed by atoms with van der Waals surface area (Å²) in [5, 5.41) is 0. The third-order valence-corrected chi connectivity index (χ3v) is 2.72. The van der Waals surface area contributed by atoms with Crippen LogP contribution < -0.4 is 4.74 Å². The highest BCUT2D eigenvalue weighted by Gasteiger charge is 2.45. The molecule has 1 fully saturated rings. The molecule has 0 amide bonds. The minimum absolute atomic E-state index is 0.0198. The van der Waals surface area contributed by atoms with Gasteiger partial charge >= 0.3 is 0 Å². The van der Waals surface area contributed by atoms with Gasteiger partial charge in [-0.3, -0.25) is 4.79 Å². The molecule has 90 valence electrons. The first kappa shape index (κ1) is 11.9. The molecule has 0 radical (unpaired) electrons. The Kier molecular flexibility index (Phi) is 3.29. The van der Waals surface area contributed by atoms with Crippen LogP contribution in [0.25, 0.3) is 6.08 Å². The van der Waals surface area contributed by atoms with E-state index in [1.54, 1.807) is 19.1 Å². The van der Waals surface area contributed by atoms with Gasteiger partial charge in [-0.15, -0.1) is 0 Å². The highest BCUT2D eigenvalue weighted by atomic mass is 16.6. The second-order valence-electron chi connectivity index (χ2n) is 4.22. The Morgan fingerprint density at radius 3 is 2.65 bits per heavy atom. The van der Waals surface area contributed by atoms with Gasteiger partial charge in [-0.05, 0) is 37.6 Å². The summed E-state index contributed by atoms with van der Waals surface area (Å²) in [6.07, 6.45) is 3.37. The summed E-state index contributed by atoms with van der Waals surface area (Å²) < 4.78 is 10.4. The topological polar surface area (TPSA) is 38.8 Å². The molecular weight excluding hydrogens is 216 g/mol. The summed E-state index contributed by atoms with van der Waals surface area (Å²) in [5.74, 6) is 0.861. The number of rotatable bonds is 5. The number of carbonyl (C=O) groups is 1. The second-order valence-corrected chi connectivity index (χ2v) is 4.22. The maximum atomic E-state index is 11.6. The first-order valence-electron chi connectivity index (χ1n) is 5.73. The zero-order valence-electron chi connectivity index (χ0n) is 10.1. The fourth-order valence-corrected chi connectivity index (χ4v) is 1.44. The van der Waals surface area contributed by atoms with Gasteiger partial charge in [0.05, 0.1) is 13.2 Å². The van der Waals surface area contributed by atoms with Gasteiger partial charge in [0.15, 0.2) is 11.4 Å². The van der Waals surface area contributed by atoms with Crippen LogP contribution in [-0.4, -0.2) is 24.6 Å². The second kappa shape index (κ2) is 4.72. The van der Waals surface area contributed by atoms with Crippen molar-refractivity contribution in [3.8, 4) is 5.75 Å². The van der Waals surface area contributed by atoms with Crippen molar-refractivity contribution in [3.63, 3.8) is 0 Å². The lowest BCUT2D eigenvalue weighted by Gasteiger charge is -2.02. The molecule has 0 N–H and O–H groups in total. The van der Waals surface area contributed by atoms with E-state index in [0.29, 0.717) is 13.2 Å². The Bertz CT molecular complexity index is 427. The molecule has 1 atom stereocenters. The standard InChI is InChI=1S/C14H16O3/c1-3-16-12-7-4-11(5-8-12)6-9-13(15)14(2)10-17-14/h4-9H,3,10H2,1-2H3/t14-/m0/s1. The van der Waals surface area contributed by atoms with Crippen molar-refractivity contribution in [2.45, 2.75) is 19.4 Å². The molecule has 2 rings (SSSR count). The van der Waals surface area contributed by atoms with Crippen molar-refractivity contribution in [3.05, 3.63) is 35.9 Å². The molecule has 0 spiro atoms. The lowest BCUT2D eigenvalue weighted by atomic mass is 10.1. The van der Waals surface area contributed by atoms with Crippen LogP contribution >= 0.6 is 0 Å². The molecule has 1 aromatic rings. The van der Waals surface area contributed by atoms with Crippen LogP contribution in [0.5, 0.6) is 5.75 Å². The molecule has 3 nitrogen and oxygen atoms in total. The van der Waals surface area contributed by atoms with Crippen LogP contribution in [0, 0.1) is 0 Å². The Morgan fingerprint density at radius 1 is 1.47 bits per heavy atom. The summed E-state index contributed by atoms with van der Waals surface area (Å²) >= 11 is 0. The fourth-order valence-electron chi connectivity index (χ4n) is 1.44. The number of epoxide rings is 1. The minimum Gasteiger partial charge on any atom is -0.494 e. The molecule has 1 aliphatic heterocycles. The molecule has 17 heavy (non-hydrogen) atoms. The van der Waals surface area contributed by atoms with Gasteiger partial charge in [0.25, 0.3) is 0 Å². The monoisotopic (exact) mass is 232 g/mol. The molecule has 0 bridgehead atoms. The van der Waals surface area contributed by atoms with E-state index in [1.807, 2.05) is 31.2 Å². The van der Waals surface area contributed by atoms with E-state index in [0.717, 1.165) is 11.3 Å². The quantitative estimate of drug-likeness (QED) is 0.578. The summed E-state index contributed by atoms with van der Waals surface area (Å²) in [7, 11) is 0. The Hall–Kier alpha value is -1.61. The molecule has 1 saturated heterocycles. The van der Waals surface area contributed by atoms with Gasteiger partial charge in [-0.25, -0.2) is 0 Å². The third-order valence-electron chi connectivity index (χ3n) is 2.72. The number of hydrogen-bond acceptors (Lipinski definition) is 3. The number of hydrogen-bond donors (Lipinski definition) is 0. The van der Waals surface area contributed by atoms with E-state index in [1.165, 1.54) is 0 Å². The van der Waals surface area contributed by atoms with Crippen LogP contribution in [0.1, 0.15) is 19.4 Å². The van der Waals surface area contributed by atoms with Gasteiger partial charge in [0, 0.05) is 0 Å². The van der Waals surface area contributed by atoms with E-state index in [2.05, 4.69) is 0 Å². The van der Waals surface area contributed by atoms with Crippen LogP contribution in [0.3, 0.4) is 0 Å². The smallest absolute Gasteiger partial charge is 0.189 e. The van der Waals surface area contributed by atoms with E-state index in [4.69, 9.17) is 9.47 Å². The molecule has 1 aliphatic rings. The van der Waals surface area contributed by atoms with Crippen molar-refractivity contribution in [2.24, 2.45) is 0 Å².